The van der Waals surface area contributed by atoms with Crippen molar-refractivity contribution in [1.29, 1.82) is 0 Å². The highest BCUT2D eigenvalue weighted by molar-refractivity contribution is 6.00. The summed E-state index contributed by atoms with van der Waals surface area (Å²) in [5.74, 6) is -5.05. The first kappa shape index (κ1) is 15.1. The molecule has 6 nitrogen and oxygen atoms in total. The molecule has 0 spiro atoms. The Balaban J connectivity index is 2.75. The van der Waals surface area contributed by atoms with Crippen LogP contribution >= 0.6 is 0 Å². The lowest BCUT2D eigenvalue weighted by molar-refractivity contribution is -0.243. The SMILES string of the molecule is CCOC(OC)(C(=O)O)C(=O)OCc1ccccc1. The molecule has 1 N–H and O–H groups in total. The van der Waals surface area contributed by atoms with Gasteiger partial charge in [0.2, 0.25) is 0 Å². The van der Waals surface area contributed by atoms with Crippen LogP contribution < -0.4 is 0 Å². The zero-order valence-corrected chi connectivity index (χ0v) is 10.8. The first-order valence-electron chi connectivity index (χ1n) is 5.70. The quantitative estimate of drug-likeness (QED) is 0.454. The van der Waals surface area contributed by atoms with E-state index in [0.717, 1.165) is 12.7 Å². The largest absolute Gasteiger partial charge is 0.477 e. The van der Waals surface area contributed by atoms with Crippen LogP contribution in [0, 0.1) is 0 Å². The Morgan fingerprint density at radius 3 is 2.37 bits per heavy atom. The second-order valence-corrected chi connectivity index (χ2v) is 3.62. The van der Waals surface area contributed by atoms with Crippen molar-refractivity contribution in [2.75, 3.05) is 13.7 Å². The molecule has 0 fully saturated rings. The fourth-order valence-corrected chi connectivity index (χ4v) is 1.46. The molecule has 1 rings (SSSR count). The molecule has 1 atom stereocenters. The lowest BCUT2D eigenvalue weighted by Gasteiger charge is -2.24. The summed E-state index contributed by atoms with van der Waals surface area (Å²) in [6, 6.07) is 8.90. The maximum absolute atomic E-state index is 11.8. The summed E-state index contributed by atoms with van der Waals surface area (Å²) in [6.45, 7) is 1.51. The minimum Gasteiger partial charge on any atom is -0.477 e. The van der Waals surface area contributed by atoms with E-state index in [4.69, 9.17) is 19.3 Å². The van der Waals surface area contributed by atoms with E-state index in [9.17, 15) is 9.59 Å². The number of rotatable bonds is 7. The van der Waals surface area contributed by atoms with E-state index in [1.807, 2.05) is 6.07 Å². The predicted octanol–water partition coefficient (Wildman–Crippen LogP) is 1.19. The number of aliphatic carboxylic acids is 1. The maximum Gasteiger partial charge on any atom is 0.379 e. The molecule has 0 saturated carbocycles. The van der Waals surface area contributed by atoms with Gasteiger partial charge in [0, 0.05) is 13.7 Å². The summed E-state index contributed by atoms with van der Waals surface area (Å²) in [4.78, 5) is 23.0. The first-order chi connectivity index (χ1) is 9.06. The summed E-state index contributed by atoms with van der Waals surface area (Å²) in [6.07, 6.45) is 0. The number of esters is 1. The number of carbonyl (C=O) groups excluding carboxylic acids is 1. The number of ether oxygens (including phenoxy) is 3. The third kappa shape index (κ3) is 3.52. The molecule has 1 unspecified atom stereocenters. The minimum absolute atomic E-state index is 0.000572. The Morgan fingerprint density at radius 2 is 1.89 bits per heavy atom. The van der Waals surface area contributed by atoms with E-state index in [-0.39, 0.29) is 13.2 Å². The van der Waals surface area contributed by atoms with Gasteiger partial charge in [-0.2, -0.15) is 0 Å². The van der Waals surface area contributed by atoms with Crippen LogP contribution in [0.25, 0.3) is 0 Å². The van der Waals surface area contributed by atoms with Crippen molar-refractivity contribution in [1.82, 2.24) is 0 Å². The molecular weight excluding hydrogens is 252 g/mol. The summed E-state index contributed by atoms with van der Waals surface area (Å²) < 4.78 is 14.5. The van der Waals surface area contributed by atoms with Crippen molar-refractivity contribution in [2.24, 2.45) is 0 Å². The standard InChI is InChI=1S/C13H16O6/c1-3-19-13(17-2,11(14)15)12(16)18-9-10-7-5-4-6-8-10/h4-8H,3,9H2,1-2H3,(H,14,15). The van der Waals surface area contributed by atoms with Crippen molar-refractivity contribution in [3.8, 4) is 0 Å². The Kier molecular flexibility index (Phi) is 5.47. The number of carboxylic acids is 1. The van der Waals surface area contributed by atoms with Crippen molar-refractivity contribution in [2.45, 2.75) is 19.3 Å². The lowest BCUT2D eigenvalue weighted by Crippen LogP contribution is -2.51. The van der Waals surface area contributed by atoms with Gasteiger partial charge in [-0.1, -0.05) is 30.3 Å². The fraction of sp³-hybridized carbons (Fsp3) is 0.385. The van der Waals surface area contributed by atoms with Gasteiger partial charge in [0.15, 0.2) is 0 Å². The number of benzene rings is 1. The van der Waals surface area contributed by atoms with Gasteiger partial charge in [-0.05, 0) is 12.5 Å². The molecule has 0 aliphatic heterocycles. The van der Waals surface area contributed by atoms with E-state index in [1.165, 1.54) is 0 Å². The van der Waals surface area contributed by atoms with Gasteiger partial charge in [-0.3, -0.25) is 0 Å². The molecule has 0 aromatic heterocycles. The van der Waals surface area contributed by atoms with E-state index in [2.05, 4.69) is 0 Å². The second kappa shape index (κ2) is 6.86. The van der Waals surface area contributed by atoms with Crippen LogP contribution in [0.3, 0.4) is 0 Å². The van der Waals surface area contributed by atoms with Crippen molar-refractivity contribution < 1.29 is 28.9 Å². The van der Waals surface area contributed by atoms with Crippen LogP contribution in [0.15, 0.2) is 30.3 Å². The molecule has 1 aromatic carbocycles. The molecule has 0 aliphatic carbocycles. The molecule has 6 heteroatoms. The smallest absolute Gasteiger partial charge is 0.379 e. The van der Waals surface area contributed by atoms with Crippen LogP contribution in [-0.2, 0) is 30.4 Å². The summed E-state index contributed by atoms with van der Waals surface area (Å²) in [7, 11) is 1.08. The Hall–Kier alpha value is -1.92. The average Bonchev–Trinajstić information content (AvgIpc) is 2.43. The third-order valence-electron chi connectivity index (χ3n) is 2.40. The molecule has 0 amide bonds. The highest BCUT2D eigenvalue weighted by Crippen LogP contribution is 2.16. The van der Waals surface area contributed by atoms with Crippen LogP contribution in [-0.4, -0.2) is 36.5 Å². The number of methoxy groups -OCH3 is 1. The van der Waals surface area contributed by atoms with Gasteiger partial charge in [0.25, 0.3) is 0 Å². The zero-order chi connectivity index (χ0) is 14.3. The van der Waals surface area contributed by atoms with E-state index >= 15 is 0 Å². The maximum atomic E-state index is 11.8. The fourth-order valence-electron chi connectivity index (χ4n) is 1.46. The van der Waals surface area contributed by atoms with Gasteiger partial charge >= 0.3 is 17.7 Å². The molecule has 104 valence electrons. The lowest BCUT2D eigenvalue weighted by atomic mass is 10.2. The summed E-state index contributed by atoms with van der Waals surface area (Å²) in [5, 5.41) is 9.07. The highest BCUT2D eigenvalue weighted by atomic mass is 16.7. The molecule has 1 aromatic rings. The predicted molar refractivity (Wildman–Crippen MR) is 65.2 cm³/mol. The van der Waals surface area contributed by atoms with Crippen LogP contribution in [0.4, 0.5) is 0 Å². The minimum atomic E-state index is -2.41. The molecule has 0 aliphatic rings. The number of hydrogen-bond donors (Lipinski definition) is 1. The van der Waals surface area contributed by atoms with Gasteiger partial charge < -0.3 is 19.3 Å². The molecule has 0 saturated heterocycles. The van der Waals surface area contributed by atoms with Crippen LogP contribution in [0.5, 0.6) is 0 Å². The van der Waals surface area contributed by atoms with E-state index < -0.39 is 17.7 Å². The second-order valence-electron chi connectivity index (χ2n) is 3.62. The molecule has 0 bridgehead atoms. The highest BCUT2D eigenvalue weighted by Gasteiger charge is 2.50. The van der Waals surface area contributed by atoms with Crippen molar-refractivity contribution >= 4 is 11.9 Å². The average molecular weight is 268 g/mol. The van der Waals surface area contributed by atoms with E-state index in [1.54, 1.807) is 31.2 Å². The van der Waals surface area contributed by atoms with Gasteiger partial charge in [0.1, 0.15) is 6.61 Å². The van der Waals surface area contributed by atoms with Gasteiger partial charge in [-0.15, -0.1) is 0 Å². The van der Waals surface area contributed by atoms with Crippen molar-refractivity contribution in [3.05, 3.63) is 35.9 Å². The molecule has 0 radical (unpaired) electrons. The normalized spacial score (nSPS) is 13.6. The number of carbonyl (C=O) groups is 2. The van der Waals surface area contributed by atoms with E-state index in [0.29, 0.717) is 0 Å². The Morgan fingerprint density at radius 1 is 1.26 bits per heavy atom. The Labute approximate surface area is 110 Å². The zero-order valence-electron chi connectivity index (χ0n) is 10.8. The number of carboxylic acid groups (broad SMARTS) is 1. The monoisotopic (exact) mass is 268 g/mol. The number of hydrogen-bond acceptors (Lipinski definition) is 5. The van der Waals surface area contributed by atoms with Crippen molar-refractivity contribution in [3.63, 3.8) is 0 Å². The van der Waals surface area contributed by atoms with Crippen LogP contribution in [0.2, 0.25) is 0 Å². The molecular formula is C13H16O6. The Bertz CT molecular complexity index is 430. The van der Waals surface area contributed by atoms with Crippen LogP contribution in [0.1, 0.15) is 12.5 Å². The summed E-state index contributed by atoms with van der Waals surface area (Å²) in [5.41, 5.74) is 0.739. The van der Waals surface area contributed by atoms with Gasteiger partial charge in [-0.25, -0.2) is 9.59 Å². The first-order valence-corrected chi connectivity index (χ1v) is 5.70. The topological polar surface area (TPSA) is 82.1 Å². The third-order valence-corrected chi connectivity index (χ3v) is 2.40. The summed E-state index contributed by atoms with van der Waals surface area (Å²) >= 11 is 0. The molecule has 19 heavy (non-hydrogen) atoms. The van der Waals surface area contributed by atoms with Gasteiger partial charge in [0.05, 0.1) is 0 Å². The molecule has 0 heterocycles.